The number of rotatable bonds is 4. The lowest BCUT2D eigenvalue weighted by Gasteiger charge is -2.35. The minimum Gasteiger partial charge on any atom is -0.368 e. The molecule has 2 N–H and O–H groups in total. The number of nitrogens with zero attached hydrogens (tertiary/aromatic N) is 2. The van der Waals surface area contributed by atoms with Gasteiger partial charge in [-0.05, 0) is 45.2 Å². The van der Waals surface area contributed by atoms with E-state index in [0.29, 0.717) is 0 Å². The fourth-order valence-electron chi connectivity index (χ4n) is 3.21. The van der Waals surface area contributed by atoms with E-state index < -0.39 is 0 Å². The van der Waals surface area contributed by atoms with Crippen molar-refractivity contribution in [2.24, 2.45) is 0 Å². The number of H-pyrrole nitrogens is 1. The largest absolute Gasteiger partial charge is 0.368 e. The predicted molar refractivity (Wildman–Crippen MR) is 78.7 cm³/mol. The topological polar surface area (TPSA) is 70.2 Å². The van der Waals surface area contributed by atoms with Gasteiger partial charge in [-0.2, -0.15) is 0 Å². The van der Waals surface area contributed by atoms with E-state index in [1.165, 1.54) is 0 Å². The molecule has 1 aromatic rings. The smallest absolute Gasteiger partial charge is 0.249 e. The second-order valence-electron chi connectivity index (χ2n) is 5.83. The van der Waals surface area contributed by atoms with Crippen LogP contribution in [0.2, 0.25) is 0 Å². The molecule has 0 aliphatic carbocycles. The van der Waals surface area contributed by atoms with Gasteiger partial charge in [0.25, 0.3) is 0 Å². The number of imidazole rings is 1. The van der Waals surface area contributed by atoms with Crippen LogP contribution in [-0.4, -0.2) is 53.1 Å². The Morgan fingerprint density at radius 2 is 2.19 bits per heavy atom. The van der Waals surface area contributed by atoms with Gasteiger partial charge in [-0.3, -0.25) is 4.79 Å². The van der Waals surface area contributed by atoms with Gasteiger partial charge in [-0.25, -0.2) is 4.98 Å². The SMILES string of the molecule is O=C(COC1CCNCC1)N1CCCCC1c1ncc[nH]1. The lowest BCUT2D eigenvalue weighted by Crippen LogP contribution is -2.42. The lowest BCUT2D eigenvalue weighted by molar-refractivity contribution is -0.142. The Balaban J connectivity index is 1.56. The fourth-order valence-corrected chi connectivity index (χ4v) is 3.21. The van der Waals surface area contributed by atoms with Crippen LogP contribution in [0.3, 0.4) is 0 Å². The van der Waals surface area contributed by atoms with E-state index in [4.69, 9.17) is 4.74 Å². The maximum atomic E-state index is 12.5. The second-order valence-corrected chi connectivity index (χ2v) is 5.83. The van der Waals surface area contributed by atoms with Crippen LogP contribution in [0.1, 0.15) is 44.0 Å². The number of aromatic amines is 1. The molecule has 1 unspecified atom stereocenters. The molecular formula is C15H24N4O2. The zero-order valence-corrected chi connectivity index (χ0v) is 12.4. The number of amides is 1. The van der Waals surface area contributed by atoms with E-state index >= 15 is 0 Å². The standard InChI is InChI=1S/C15H24N4O2/c20-14(11-21-12-4-6-16-7-5-12)19-10-2-1-3-13(19)15-17-8-9-18-15/h8-9,12-13,16H,1-7,10-11H2,(H,17,18). The van der Waals surface area contributed by atoms with Gasteiger partial charge in [0, 0.05) is 18.9 Å². The maximum Gasteiger partial charge on any atom is 0.249 e. The van der Waals surface area contributed by atoms with Gasteiger partial charge in [-0.15, -0.1) is 0 Å². The third-order valence-corrected chi connectivity index (χ3v) is 4.39. The molecule has 116 valence electrons. The zero-order valence-electron chi connectivity index (χ0n) is 12.4. The highest BCUT2D eigenvalue weighted by Crippen LogP contribution is 2.28. The number of aromatic nitrogens is 2. The summed E-state index contributed by atoms with van der Waals surface area (Å²) < 4.78 is 5.80. The number of carbonyl (C=O) groups is 1. The van der Waals surface area contributed by atoms with Crippen molar-refractivity contribution in [2.75, 3.05) is 26.2 Å². The highest BCUT2D eigenvalue weighted by atomic mass is 16.5. The molecule has 3 heterocycles. The number of hydrogen-bond acceptors (Lipinski definition) is 4. The molecule has 1 aromatic heterocycles. The van der Waals surface area contributed by atoms with Gasteiger partial charge in [0.05, 0.1) is 12.1 Å². The molecule has 6 nitrogen and oxygen atoms in total. The maximum absolute atomic E-state index is 12.5. The summed E-state index contributed by atoms with van der Waals surface area (Å²) in [6.07, 6.45) is 8.97. The van der Waals surface area contributed by atoms with Gasteiger partial charge < -0.3 is 19.9 Å². The fraction of sp³-hybridized carbons (Fsp3) is 0.733. The first-order valence-electron chi connectivity index (χ1n) is 7.95. The molecule has 2 aliphatic rings. The molecule has 21 heavy (non-hydrogen) atoms. The van der Waals surface area contributed by atoms with E-state index in [-0.39, 0.29) is 24.7 Å². The number of nitrogens with one attached hydrogen (secondary N) is 2. The summed E-state index contributed by atoms with van der Waals surface area (Å²) in [6, 6.07) is 0.0814. The Hall–Kier alpha value is -1.40. The number of likely N-dealkylation sites (tertiary alicyclic amines) is 1. The third-order valence-electron chi connectivity index (χ3n) is 4.39. The van der Waals surface area contributed by atoms with Gasteiger partial charge in [0.15, 0.2) is 0 Å². The molecule has 2 aliphatic heterocycles. The van der Waals surface area contributed by atoms with E-state index in [2.05, 4.69) is 15.3 Å². The van der Waals surface area contributed by atoms with Gasteiger partial charge in [0.2, 0.25) is 5.91 Å². The first-order chi connectivity index (χ1) is 10.3. The summed E-state index contributed by atoms with van der Waals surface area (Å²) in [6.45, 7) is 2.97. The molecule has 0 saturated carbocycles. The number of ether oxygens (including phenoxy) is 1. The zero-order chi connectivity index (χ0) is 14.5. The molecule has 0 aromatic carbocycles. The molecule has 6 heteroatoms. The number of carbonyl (C=O) groups excluding carboxylic acids is 1. The van der Waals surface area contributed by atoms with Crippen LogP contribution < -0.4 is 5.32 Å². The summed E-state index contributed by atoms with van der Waals surface area (Å²) in [4.78, 5) is 21.9. The minimum atomic E-state index is 0.0814. The molecule has 1 amide bonds. The quantitative estimate of drug-likeness (QED) is 0.876. The molecule has 3 rings (SSSR count). The third kappa shape index (κ3) is 3.63. The molecule has 2 saturated heterocycles. The van der Waals surface area contributed by atoms with Crippen molar-refractivity contribution in [2.45, 2.75) is 44.2 Å². The Bertz CT molecular complexity index is 443. The molecular weight excluding hydrogens is 268 g/mol. The van der Waals surface area contributed by atoms with Crippen LogP contribution in [0.5, 0.6) is 0 Å². The Kier molecular flexibility index (Phi) is 4.87. The molecule has 0 bridgehead atoms. The van der Waals surface area contributed by atoms with Crippen LogP contribution in [0, 0.1) is 0 Å². The van der Waals surface area contributed by atoms with Crippen molar-refractivity contribution >= 4 is 5.91 Å². The number of hydrogen-bond donors (Lipinski definition) is 2. The van der Waals surface area contributed by atoms with Crippen molar-refractivity contribution < 1.29 is 9.53 Å². The first-order valence-corrected chi connectivity index (χ1v) is 7.95. The summed E-state index contributed by atoms with van der Waals surface area (Å²) in [5, 5.41) is 3.30. The minimum absolute atomic E-state index is 0.0814. The number of piperidine rings is 2. The lowest BCUT2D eigenvalue weighted by atomic mass is 10.0. The van der Waals surface area contributed by atoms with Gasteiger partial charge >= 0.3 is 0 Å². The van der Waals surface area contributed by atoms with Crippen LogP contribution in [0.25, 0.3) is 0 Å². The van der Waals surface area contributed by atoms with Crippen LogP contribution in [-0.2, 0) is 9.53 Å². The molecule has 2 fully saturated rings. The van der Waals surface area contributed by atoms with E-state index in [9.17, 15) is 4.79 Å². The predicted octanol–water partition coefficient (Wildman–Crippen LogP) is 1.23. The summed E-state index contributed by atoms with van der Waals surface area (Å²) in [7, 11) is 0. The normalized spacial score (nSPS) is 24.2. The van der Waals surface area contributed by atoms with Crippen LogP contribution in [0.4, 0.5) is 0 Å². The van der Waals surface area contributed by atoms with Crippen molar-refractivity contribution in [3.8, 4) is 0 Å². The van der Waals surface area contributed by atoms with E-state index in [0.717, 1.165) is 57.6 Å². The highest BCUT2D eigenvalue weighted by molar-refractivity contribution is 5.78. The Morgan fingerprint density at radius 1 is 1.33 bits per heavy atom. The monoisotopic (exact) mass is 292 g/mol. The molecule has 1 atom stereocenters. The van der Waals surface area contributed by atoms with Gasteiger partial charge in [0.1, 0.15) is 12.4 Å². The van der Waals surface area contributed by atoms with E-state index in [1.807, 2.05) is 11.1 Å². The molecule has 0 spiro atoms. The summed E-state index contributed by atoms with van der Waals surface area (Å²) in [5.41, 5.74) is 0. The van der Waals surface area contributed by atoms with Crippen molar-refractivity contribution in [3.63, 3.8) is 0 Å². The van der Waals surface area contributed by atoms with Gasteiger partial charge in [-0.1, -0.05) is 0 Å². The van der Waals surface area contributed by atoms with Crippen molar-refractivity contribution in [3.05, 3.63) is 18.2 Å². The Morgan fingerprint density at radius 3 is 2.95 bits per heavy atom. The highest BCUT2D eigenvalue weighted by Gasteiger charge is 2.30. The van der Waals surface area contributed by atoms with Crippen LogP contribution >= 0.6 is 0 Å². The van der Waals surface area contributed by atoms with Crippen molar-refractivity contribution in [1.82, 2.24) is 20.2 Å². The average molecular weight is 292 g/mol. The van der Waals surface area contributed by atoms with E-state index in [1.54, 1.807) is 6.20 Å². The Labute approximate surface area is 125 Å². The van der Waals surface area contributed by atoms with Crippen LogP contribution in [0.15, 0.2) is 12.4 Å². The summed E-state index contributed by atoms with van der Waals surface area (Å²) in [5.74, 6) is 0.986. The second kappa shape index (κ2) is 7.04. The average Bonchev–Trinajstić information content (AvgIpc) is 3.08. The van der Waals surface area contributed by atoms with Crippen molar-refractivity contribution in [1.29, 1.82) is 0 Å². The summed E-state index contributed by atoms with van der Waals surface area (Å²) >= 11 is 0. The molecule has 0 radical (unpaired) electrons. The first kappa shape index (κ1) is 14.5.